The molecule has 0 bridgehead atoms. The largest absolute Gasteiger partial charge is 0.314 e. The lowest BCUT2D eigenvalue weighted by atomic mass is 10.2. The van der Waals surface area contributed by atoms with Gasteiger partial charge in [-0.05, 0) is 38.8 Å². The van der Waals surface area contributed by atoms with E-state index >= 15 is 0 Å². The summed E-state index contributed by atoms with van der Waals surface area (Å²) < 4.78 is 26.6. The second-order valence-corrected chi connectivity index (χ2v) is 6.95. The highest BCUT2D eigenvalue weighted by atomic mass is 32.2. The predicted octanol–water partition coefficient (Wildman–Crippen LogP) is 1.32. The van der Waals surface area contributed by atoms with Crippen molar-refractivity contribution in [2.45, 2.75) is 37.1 Å². The molecule has 2 rings (SSSR count). The van der Waals surface area contributed by atoms with Crippen LogP contribution in [0.25, 0.3) is 0 Å². The zero-order valence-corrected chi connectivity index (χ0v) is 12.6. The molecule has 1 aliphatic carbocycles. The molecule has 0 radical (unpaired) electrons. The topological polar surface area (TPSA) is 101 Å². The zero-order valence-electron chi connectivity index (χ0n) is 11.8. The number of benzene rings is 1. The van der Waals surface area contributed by atoms with Crippen LogP contribution in [0.15, 0.2) is 23.1 Å². The molecule has 1 fully saturated rings. The van der Waals surface area contributed by atoms with Gasteiger partial charge in [-0.2, -0.15) is 0 Å². The highest BCUT2D eigenvalue weighted by Crippen LogP contribution is 2.22. The van der Waals surface area contributed by atoms with E-state index in [1.807, 2.05) is 0 Å². The van der Waals surface area contributed by atoms with Crippen molar-refractivity contribution in [3.63, 3.8) is 0 Å². The monoisotopic (exact) mass is 313 g/mol. The third-order valence-corrected chi connectivity index (χ3v) is 4.80. The summed E-state index contributed by atoms with van der Waals surface area (Å²) in [5.74, 6) is 0. The van der Waals surface area contributed by atoms with Gasteiger partial charge in [0.1, 0.15) is 0 Å². The third-order valence-electron chi connectivity index (χ3n) is 3.34. The molecule has 0 amide bonds. The van der Waals surface area contributed by atoms with Gasteiger partial charge in [-0.25, -0.2) is 13.1 Å². The Kier molecular flexibility index (Phi) is 4.92. The summed E-state index contributed by atoms with van der Waals surface area (Å²) in [4.78, 5) is 10.2. The number of sulfonamides is 1. The fraction of sp³-hybridized carbons (Fsp3) is 0.538. The van der Waals surface area contributed by atoms with Crippen LogP contribution in [-0.2, 0) is 10.0 Å². The summed E-state index contributed by atoms with van der Waals surface area (Å²) in [6, 6.07) is 4.52. The summed E-state index contributed by atoms with van der Waals surface area (Å²) in [6.45, 7) is 2.65. The van der Waals surface area contributed by atoms with Gasteiger partial charge in [0.2, 0.25) is 10.0 Å². The Labute approximate surface area is 123 Å². The van der Waals surface area contributed by atoms with Gasteiger partial charge in [0.25, 0.3) is 5.69 Å². The molecule has 2 N–H and O–H groups in total. The Balaban J connectivity index is 1.94. The zero-order chi connectivity index (χ0) is 15.5. The number of nitro groups is 1. The van der Waals surface area contributed by atoms with Gasteiger partial charge in [0.05, 0.1) is 9.82 Å². The smallest absolute Gasteiger partial charge is 0.273 e. The summed E-state index contributed by atoms with van der Waals surface area (Å²) in [5.41, 5.74) is 0.251. The van der Waals surface area contributed by atoms with E-state index in [1.165, 1.54) is 25.0 Å². The summed E-state index contributed by atoms with van der Waals surface area (Å²) in [5, 5.41) is 14.1. The first-order valence-corrected chi connectivity index (χ1v) is 8.36. The van der Waals surface area contributed by atoms with E-state index < -0.39 is 14.9 Å². The van der Waals surface area contributed by atoms with E-state index in [0.29, 0.717) is 24.6 Å². The molecule has 1 aliphatic rings. The number of hydrogen-bond acceptors (Lipinski definition) is 5. The molecule has 0 aliphatic heterocycles. The average molecular weight is 313 g/mol. The van der Waals surface area contributed by atoms with Gasteiger partial charge in [-0.3, -0.25) is 10.1 Å². The molecule has 1 aromatic rings. The lowest BCUT2D eigenvalue weighted by Gasteiger charge is -2.08. The molecular weight excluding hydrogens is 294 g/mol. The fourth-order valence-corrected chi connectivity index (χ4v) is 3.02. The second kappa shape index (κ2) is 6.50. The van der Waals surface area contributed by atoms with E-state index in [4.69, 9.17) is 0 Å². The summed E-state index contributed by atoms with van der Waals surface area (Å²) >= 11 is 0. The number of nitrogens with one attached hydrogen (secondary N) is 2. The van der Waals surface area contributed by atoms with Crippen LogP contribution in [0.3, 0.4) is 0 Å². The van der Waals surface area contributed by atoms with Gasteiger partial charge in [-0.1, -0.05) is 6.07 Å². The lowest BCUT2D eigenvalue weighted by molar-refractivity contribution is -0.385. The number of aryl methyl sites for hydroxylation is 1. The Morgan fingerprint density at radius 2 is 2.05 bits per heavy atom. The summed E-state index contributed by atoms with van der Waals surface area (Å²) in [6.07, 6.45) is 3.07. The Morgan fingerprint density at radius 1 is 1.33 bits per heavy atom. The quantitative estimate of drug-likeness (QED) is 0.428. The molecule has 0 aromatic heterocycles. The average Bonchev–Trinajstić information content (AvgIpc) is 3.22. The van der Waals surface area contributed by atoms with Crippen molar-refractivity contribution in [3.05, 3.63) is 33.9 Å². The van der Waals surface area contributed by atoms with Crippen LogP contribution >= 0.6 is 0 Å². The van der Waals surface area contributed by atoms with Crippen molar-refractivity contribution in [2.24, 2.45) is 0 Å². The van der Waals surface area contributed by atoms with Crippen LogP contribution in [0.2, 0.25) is 0 Å². The molecule has 7 nitrogen and oxygen atoms in total. The van der Waals surface area contributed by atoms with Crippen molar-refractivity contribution in [3.8, 4) is 0 Å². The first-order valence-electron chi connectivity index (χ1n) is 6.88. The van der Waals surface area contributed by atoms with Crippen LogP contribution in [-0.4, -0.2) is 32.5 Å². The molecule has 0 spiro atoms. The molecule has 8 heteroatoms. The maximum atomic E-state index is 12.1. The molecule has 0 heterocycles. The third kappa shape index (κ3) is 4.48. The molecule has 0 saturated heterocycles. The number of nitrogens with zero attached hydrogens (tertiary/aromatic N) is 1. The minimum Gasteiger partial charge on any atom is -0.314 e. The van der Waals surface area contributed by atoms with Crippen LogP contribution < -0.4 is 10.0 Å². The van der Waals surface area contributed by atoms with Gasteiger partial charge >= 0.3 is 0 Å². The van der Waals surface area contributed by atoms with Crippen molar-refractivity contribution in [1.82, 2.24) is 10.0 Å². The van der Waals surface area contributed by atoms with Gasteiger partial charge in [0.15, 0.2) is 0 Å². The molecule has 21 heavy (non-hydrogen) atoms. The standard InChI is InChI=1S/C13H19N3O4S/c1-10-3-6-12(9-13(10)16(17)18)21(19,20)15-8-2-7-14-11-4-5-11/h3,6,9,11,14-15H,2,4-5,7-8H2,1H3. The van der Waals surface area contributed by atoms with E-state index in [1.54, 1.807) is 6.92 Å². The van der Waals surface area contributed by atoms with Crippen LogP contribution in [0, 0.1) is 17.0 Å². The first-order chi connectivity index (χ1) is 9.90. The molecular formula is C13H19N3O4S. The summed E-state index contributed by atoms with van der Waals surface area (Å²) in [7, 11) is -3.70. The van der Waals surface area contributed by atoms with E-state index in [-0.39, 0.29) is 10.6 Å². The Bertz CT molecular complexity index is 626. The number of rotatable bonds is 8. The number of hydrogen-bond donors (Lipinski definition) is 2. The number of nitro benzene ring substituents is 1. The minimum absolute atomic E-state index is 0.0741. The fourth-order valence-electron chi connectivity index (χ4n) is 1.92. The SMILES string of the molecule is Cc1ccc(S(=O)(=O)NCCCNC2CC2)cc1[N+](=O)[O-]. The van der Waals surface area contributed by atoms with E-state index in [0.717, 1.165) is 12.6 Å². The Morgan fingerprint density at radius 3 is 2.67 bits per heavy atom. The van der Waals surface area contributed by atoms with Crippen LogP contribution in [0.4, 0.5) is 5.69 Å². The normalized spacial score (nSPS) is 15.1. The van der Waals surface area contributed by atoms with Crippen LogP contribution in [0.5, 0.6) is 0 Å². The highest BCUT2D eigenvalue weighted by Gasteiger charge is 2.21. The first kappa shape index (κ1) is 15.9. The minimum atomic E-state index is -3.70. The molecule has 0 atom stereocenters. The predicted molar refractivity (Wildman–Crippen MR) is 78.7 cm³/mol. The van der Waals surface area contributed by atoms with Crippen molar-refractivity contribution in [2.75, 3.05) is 13.1 Å². The molecule has 116 valence electrons. The highest BCUT2D eigenvalue weighted by molar-refractivity contribution is 7.89. The molecule has 1 aromatic carbocycles. The van der Waals surface area contributed by atoms with E-state index in [9.17, 15) is 18.5 Å². The Hall–Kier alpha value is -1.51. The molecule has 1 saturated carbocycles. The maximum absolute atomic E-state index is 12.1. The lowest BCUT2D eigenvalue weighted by Crippen LogP contribution is -2.28. The van der Waals surface area contributed by atoms with E-state index in [2.05, 4.69) is 10.0 Å². The van der Waals surface area contributed by atoms with Crippen molar-refractivity contribution in [1.29, 1.82) is 0 Å². The van der Waals surface area contributed by atoms with Gasteiger partial charge in [-0.15, -0.1) is 0 Å². The maximum Gasteiger partial charge on any atom is 0.273 e. The van der Waals surface area contributed by atoms with Gasteiger partial charge < -0.3 is 5.32 Å². The molecule has 0 unspecified atom stereocenters. The van der Waals surface area contributed by atoms with Crippen LogP contribution in [0.1, 0.15) is 24.8 Å². The van der Waals surface area contributed by atoms with Gasteiger partial charge in [0, 0.05) is 24.2 Å². The van der Waals surface area contributed by atoms with Crippen molar-refractivity contribution < 1.29 is 13.3 Å². The van der Waals surface area contributed by atoms with Crippen molar-refractivity contribution >= 4 is 15.7 Å². The second-order valence-electron chi connectivity index (χ2n) is 5.19.